The van der Waals surface area contributed by atoms with E-state index in [4.69, 9.17) is 9.47 Å². The maximum atomic E-state index is 5.44. The molecular formula is C17H28O2. The molecule has 0 N–H and O–H groups in total. The Hall–Kier alpha value is -0.860. The zero-order valence-electron chi connectivity index (χ0n) is 12.7. The van der Waals surface area contributed by atoms with Crippen molar-refractivity contribution in [1.29, 1.82) is 0 Å². The molecule has 0 spiro atoms. The lowest BCUT2D eigenvalue weighted by atomic mass is 9.86. The van der Waals surface area contributed by atoms with Crippen molar-refractivity contribution in [2.24, 2.45) is 11.3 Å². The molecule has 0 amide bonds. The standard InChI is InChI=1S/C17H28O2/c1-5-7-8-10-16-12-17(13-18-3,14-19-4)11-15(16)9-6-2/h5,7-9,16H,1,6,10-14H2,2-4H3/b8-7-,15-9+. The second-order valence-corrected chi connectivity index (χ2v) is 5.53. The smallest absolute Gasteiger partial charge is 0.0544 e. The monoisotopic (exact) mass is 264 g/mol. The van der Waals surface area contributed by atoms with E-state index >= 15 is 0 Å². The largest absolute Gasteiger partial charge is 0.384 e. The Balaban J connectivity index is 2.81. The van der Waals surface area contributed by atoms with Crippen molar-refractivity contribution in [3.63, 3.8) is 0 Å². The Bertz CT molecular complexity index is 322. The fraction of sp³-hybridized carbons (Fsp3) is 0.647. The van der Waals surface area contributed by atoms with Crippen LogP contribution in [-0.2, 0) is 9.47 Å². The van der Waals surface area contributed by atoms with Gasteiger partial charge in [-0.2, -0.15) is 0 Å². The summed E-state index contributed by atoms with van der Waals surface area (Å²) >= 11 is 0. The maximum absolute atomic E-state index is 5.44. The fourth-order valence-corrected chi connectivity index (χ4v) is 3.25. The lowest BCUT2D eigenvalue weighted by Crippen LogP contribution is -2.28. The topological polar surface area (TPSA) is 18.5 Å². The van der Waals surface area contributed by atoms with Gasteiger partial charge >= 0.3 is 0 Å². The Labute approximate surface area is 118 Å². The van der Waals surface area contributed by atoms with E-state index in [1.165, 1.54) is 0 Å². The number of hydrogen-bond acceptors (Lipinski definition) is 2. The zero-order chi connectivity index (χ0) is 14.1. The summed E-state index contributed by atoms with van der Waals surface area (Å²) in [5.74, 6) is 0.626. The Kier molecular flexibility index (Phi) is 7.11. The van der Waals surface area contributed by atoms with Gasteiger partial charge in [0.1, 0.15) is 0 Å². The minimum absolute atomic E-state index is 0.164. The second kappa shape index (κ2) is 8.34. The first-order valence-corrected chi connectivity index (χ1v) is 7.15. The number of allylic oxidation sites excluding steroid dienone is 5. The molecule has 0 bridgehead atoms. The van der Waals surface area contributed by atoms with Crippen LogP contribution in [0.15, 0.2) is 36.5 Å². The number of hydrogen-bond donors (Lipinski definition) is 0. The maximum Gasteiger partial charge on any atom is 0.0544 e. The average Bonchev–Trinajstić information content (AvgIpc) is 2.69. The van der Waals surface area contributed by atoms with E-state index in [1.807, 2.05) is 12.2 Å². The SMILES string of the molecule is C=C/C=C\CC1CC(COC)(COC)C/C1=C\CC. The van der Waals surface area contributed by atoms with E-state index < -0.39 is 0 Å². The van der Waals surface area contributed by atoms with Gasteiger partial charge in [-0.05, 0) is 31.6 Å². The van der Waals surface area contributed by atoms with Crippen LogP contribution in [0.1, 0.15) is 32.6 Å². The molecule has 0 radical (unpaired) electrons. The number of rotatable bonds is 8. The van der Waals surface area contributed by atoms with Gasteiger partial charge in [-0.3, -0.25) is 0 Å². The predicted molar refractivity (Wildman–Crippen MR) is 81.2 cm³/mol. The van der Waals surface area contributed by atoms with Crippen molar-refractivity contribution < 1.29 is 9.47 Å². The Morgan fingerprint density at radius 1 is 1.32 bits per heavy atom. The lowest BCUT2D eigenvalue weighted by Gasteiger charge is -2.27. The summed E-state index contributed by atoms with van der Waals surface area (Å²) in [5, 5.41) is 0. The molecule has 0 saturated heterocycles. The summed E-state index contributed by atoms with van der Waals surface area (Å²) < 4.78 is 10.9. The van der Waals surface area contributed by atoms with Gasteiger partial charge in [-0.25, -0.2) is 0 Å². The Morgan fingerprint density at radius 2 is 2.00 bits per heavy atom. The van der Waals surface area contributed by atoms with E-state index in [0.29, 0.717) is 5.92 Å². The zero-order valence-corrected chi connectivity index (χ0v) is 12.7. The van der Waals surface area contributed by atoms with Crippen molar-refractivity contribution in [2.45, 2.75) is 32.6 Å². The second-order valence-electron chi connectivity index (χ2n) is 5.53. The number of methoxy groups -OCH3 is 2. The van der Waals surface area contributed by atoms with Crippen LogP contribution in [0, 0.1) is 11.3 Å². The molecule has 19 heavy (non-hydrogen) atoms. The highest BCUT2D eigenvalue weighted by atomic mass is 16.5. The predicted octanol–water partition coefficient (Wildman–Crippen LogP) is 4.14. The van der Waals surface area contributed by atoms with Crippen molar-refractivity contribution in [2.75, 3.05) is 27.4 Å². The molecule has 1 saturated carbocycles. The van der Waals surface area contributed by atoms with Crippen molar-refractivity contribution >= 4 is 0 Å². The van der Waals surface area contributed by atoms with Gasteiger partial charge in [0.05, 0.1) is 13.2 Å². The molecule has 1 aliphatic carbocycles. The molecule has 108 valence electrons. The van der Waals surface area contributed by atoms with Crippen LogP contribution < -0.4 is 0 Å². The highest BCUT2D eigenvalue weighted by Gasteiger charge is 2.41. The highest BCUT2D eigenvalue weighted by molar-refractivity contribution is 5.19. The van der Waals surface area contributed by atoms with E-state index in [9.17, 15) is 0 Å². The molecule has 1 atom stereocenters. The minimum Gasteiger partial charge on any atom is -0.384 e. The third-order valence-electron chi connectivity index (χ3n) is 3.84. The van der Waals surface area contributed by atoms with Gasteiger partial charge in [0.15, 0.2) is 0 Å². The summed E-state index contributed by atoms with van der Waals surface area (Å²) in [6.45, 7) is 7.49. The van der Waals surface area contributed by atoms with Crippen LogP contribution in [0.2, 0.25) is 0 Å². The Morgan fingerprint density at radius 3 is 2.53 bits per heavy atom. The van der Waals surface area contributed by atoms with Crippen LogP contribution >= 0.6 is 0 Å². The molecule has 0 aliphatic heterocycles. The molecule has 0 aromatic carbocycles. The van der Waals surface area contributed by atoms with Gasteiger partial charge in [-0.1, -0.05) is 43.4 Å². The van der Waals surface area contributed by atoms with Crippen molar-refractivity contribution in [3.05, 3.63) is 36.5 Å². The quantitative estimate of drug-likeness (QED) is 0.484. The summed E-state index contributed by atoms with van der Waals surface area (Å²) in [7, 11) is 3.57. The van der Waals surface area contributed by atoms with E-state index in [1.54, 1.807) is 19.8 Å². The van der Waals surface area contributed by atoms with Gasteiger partial charge in [0.2, 0.25) is 0 Å². The minimum atomic E-state index is 0.164. The summed E-state index contributed by atoms with van der Waals surface area (Å²) in [6, 6.07) is 0. The van der Waals surface area contributed by atoms with Crippen LogP contribution in [0.5, 0.6) is 0 Å². The molecule has 2 nitrogen and oxygen atoms in total. The molecule has 0 heterocycles. The fourth-order valence-electron chi connectivity index (χ4n) is 3.25. The van der Waals surface area contributed by atoms with Crippen LogP contribution in [0.25, 0.3) is 0 Å². The summed E-state index contributed by atoms with van der Waals surface area (Å²) in [6.07, 6.45) is 12.9. The lowest BCUT2D eigenvalue weighted by molar-refractivity contribution is 0.0131. The van der Waals surface area contributed by atoms with Crippen LogP contribution in [0.4, 0.5) is 0 Å². The molecule has 0 aromatic rings. The third-order valence-corrected chi connectivity index (χ3v) is 3.84. The van der Waals surface area contributed by atoms with E-state index in [0.717, 1.165) is 38.9 Å². The molecule has 2 heteroatoms. The molecule has 0 aromatic heterocycles. The normalized spacial score (nSPS) is 24.4. The first-order chi connectivity index (χ1) is 9.21. The number of ether oxygens (including phenoxy) is 2. The van der Waals surface area contributed by atoms with Gasteiger partial charge in [0, 0.05) is 19.6 Å². The van der Waals surface area contributed by atoms with E-state index in [-0.39, 0.29) is 5.41 Å². The van der Waals surface area contributed by atoms with Crippen molar-refractivity contribution in [1.82, 2.24) is 0 Å². The van der Waals surface area contributed by atoms with Crippen molar-refractivity contribution in [3.8, 4) is 0 Å². The summed E-state index contributed by atoms with van der Waals surface area (Å²) in [5.41, 5.74) is 1.74. The third kappa shape index (κ3) is 4.63. The van der Waals surface area contributed by atoms with Gasteiger partial charge in [0.25, 0.3) is 0 Å². The molecular weight excluding hydrogens is 236 g/mol. The van der Waals surface area contributed by atoms with Crippen LogP contribution in [0.3, 0.4) is 0 Å². The first kappa shape index (κ1) is 16.2. The molecule has 1 fully saturated rings. The average molecular weight is 264 g/mol. The van der Waals surface area contributed by atoms with Gasteiger partial charge in [-0.15, -0.1) is 0 Å². The molecule has 1 unspecified atom stereocenters. The molecule has 1 rings (SSSR count). The highest BCUT2D eigenvalue weighted by Crippen LogP contribution is 2.47. The first-order valence-electron chi connectivity index (χ1n) is 7.15. The summed E-state index contributed by atoms with van der Waals surface area (Å²) in [4.78, 5) is 0. The molecule has 1 aliphatic rings. The van der Waals surface area contributed by atoms with Gasteiger partial charge < -0.3 is 9.47 Å². The van der Waals surface area contributed by atoms with E-state index in [2.05, 4.69) is 25.7 Å². The van der Waals surface area contributed by atoms with Crippen LogP contribution in [-0.4, -0.2) is 27.4 Å².